The van der Waals surface area contributed by atoms with E-state index in [1.165, 1.54) is 6.07 Å². The van der Waals surface area contributed by atoms with E-state index in [0.29, 0.717) is 11.8 Å². The molecule has 0 aliphatic rings. The van der Waals surface area contributed by atoms with Crippen LogP contribution in [0, 0.1) is 17.0 Å². The third-order valence-corrected chi connectivity index (χ3v) is 1.69. The number of hydrogen-bond acceptors (Lipinski definition) is 4. The van der Waals surface area contributed by atoms with Crippen LogP contribution in [0.25, 0.3) is 0 Å². The quantitative estimate of drug-likeness (QED) is 0.414. The van der Waals surface area contributed by atoms with Gasteiger partial charge in [0.05, 0.1) is 4.92 Å². The average molecular weight is 195 g/mol. The minimum absolute atomic E-state index is 0.0886. The van der Waals surface area contributed by atoms with E-state index in [-0.39, 0.29) is 18.0 Å². The normalized spacial score (nSPS) is 9.50. The molecule has 0 N–H and O–H groups in total. The Kier molecular flexibility index (Phi) is 3.17. The van der Waals surface area contributed by atoms with E-state index in [9.17, 15) is 14.9 Å². The molecule has 0 radical (unpaired) electrons. The summed E-state index contributed by atoms with van der Waals surface area (Å²) in [5.74, 6) is 0.127. The van der Waals surface area contributed by atoms with Crippen LogP contribution >= 0.6 is 0 Å². The van der Waals surface area contributed by atoms with Gasteiger partial charge in [-0.15, -0.1) is 0 Å². The summed E-state index contributed by atoms with van der Waals surface area (Å²) in [6.07, 6.45) is 0.548. The van der Waals surface area contributed by atoms with Crippen molar-refractivity contribution < 1.29 is 14.5 Å². The number of rotatable bonds is 4. The van der Waals surface area contributed by atoms with Crippen molar-refractivity contribution in [3.63, 3.8) is 0 Å². The van der Waals surface area contributed by atoms with Crippen LogP contribution in [-0.4, -0.2) is 17.8 Å². The van der Waals surface area contributed by atoms with Crippen LogP contribution in [0.2, 0.25) is 0 Å². The van der Waals surface area contributed by atoms with Gasteiger partial charge in [-0.05, 0) is 13.0 Å². The molecule has 0 aromatic heterocycles. The first-order chi connectivity index (χ1) is 6.66. The molecule has 0 aliphatic carbocycles. The predicted octanol–water partition coefficient (Wildman–Crippen LogP) is 1.48. The molecule has 0 bridgehead atoms. The Morgan fingerprint density at radius 2 is 2.29 bits per heavy atom. The molecule has 0 heterocycles. The zero-order chi connectivity index (χ0) is 10.6. The van der Waals surface area contributed by atoms with Gasteiger partial charge in [0.1, 0.15) is 6.61 Å². The molecule has 0 fully saturated rings. The summed E-state index contributed by atoms with van der Waals surface area (Å²) < 4.78 is 4.92. The molecule has 5 heteroatoms. The smallest absolute Gasteiger partial charge is 0.313 e. The predicted molar refractivity (Wildman–Crippen MR) is 49.4 cm³/mol. The fraction of sp³-hybridized carbons (Fsp3) is 0.222. The Balaban J connectivity index is 3.07. The highest BCUT2D eigenvalue weighted by Gasteiger charge is 2.17. The number of carbonyl (C=O) groups excluding carboxylic acids is 1. The Morgan fingerprint density at radius 1 is 1.57 bits per heavy atom. The second-order valence-electron chi connectivity index (χ2n) is 2.66. The maximum Gasteiger partial charge on any atom is 0.313 e. The van der Waals surface area contributed by atoms with Crippen LogP contribution in [0.15, 0.2) is 18.2 Å². The van der Waals surface area contributed by atoms with Crippen LogP contribution in [0.4, 0.5) is 5.69 Å². The van der Waals surface area contributed by atoms with Crippen molar-refractivity contribution in [3.05, 3.63) is 33.9 Å². The highest BCUT2D eigenvalue weighted by atomic mass is 16.6. The van der Waals surface area contributed by atoms with Gasteiger partial charge in [-0.1, -0.05) is 12.1 Å². The van der Waals surface area contributed by atoms with E-state index in [0.717, 1.165) is 0 Å². The maximum atomic E-state index is 10.6. The van der Waals surface area contributed by atoms with Crippen LogP contribution in [-0.2, 0) is 4.79 Å². The van der Waals surface area contributed by atoms with E-state index in [1.54, 1.807) is 19.1 Å². The first-order valence-corrected chi connectivity index (χ1v) is 3.97. The van der Waals surface area contributed by atoms with Crippen molar-refractivity contribution in [2.24, 2.45) is 0 Å². The monoisotopic (exact) mass is 195 g/mol. The molecule has 74 valence electrons. The number of para-hydroxylation sites is 1. The van der Waals surface area contributed by atoms with Gasteiger partial charge in [-0.2, -0.15) is 0 Å². The second kappa shape index (κ2) is 4.36. The van der Waals surface area contributed by atoms with Gasteiger partial charge in [-0.25, -0.2) is 0 Å². The number of nitro benzene ring substituents is 1. The number of aryl methyl sites for hydroxylation is 1. The Labute approximate surface area is 80.5 Å². The summed E-state index contributed by atoms with van der Waals surface area (Å²) in [4.78, 5) is 20.2. The number of nitrogens with zero attached hydrogens (tertiary/aromatic N) is 1. The average Bonchev–Trinajstić information content (AvgIpc) is 2.14. The van der Waals surface area contributed by atoms with Crippen molar-refractivity contribution in [1.29, 1.82) is 0 Å². The number of aldehydes is 1. The van der Waals surface area contributed by atoms with Gasteiger partial charge < -0.3 is 4.74 Å². The topological polar surface area (TPSA) is 69.4 Å². The largest absolute Gasteiger partial charge is 0.479 e. The van der Waals surface area contributed by atoms with Gasteiger partial charge in [0.15, 0.2) is 12.0 Å². The minimum atomic E-state index is -0.518. The van der Waals surface area contributed by atoms with Crippen LogP contribution in [0.3, 0.4) is 0 Å². The first-order valence-electron chi connectivity index (χ1n) is 3.97. The van der Waals surface area contributed by atoms with E-state index in [4.69, 9.17) is 4.74 Å². The highest BCUT2D eigenvalue weighted by Crippen LogP contribution is 2.29. The summed E-state index contributed by atoms with van der Waals surface area (Å²) in [6.45, 7) is 1.44. The molecule has 0 unspecified atom stereocenters. The fourth-order valence-corrected chi connectivity index (χ4v) is 1.11. The van der Waals surface area contributed by atoms with Crippen molar-refractivity contribution >= 4 is 12.0 Å². The number of nitro groups is 1. The molecule has 0 saturated carbocycles. The summed E-state index contributed by atoms with van der Waals surface area (Å²) in [6, 6.07) is 4.73. The van der Waals surface area contributed by atoms with Crippen molar-refractivity contribution in [3.8, 4) is 5.75 Å². The molecule has 14 heavy (non-hydrogen) atoms. The molecule has 0 saturated heterocycles. The Bertz CT molecular complexity index is 362. The van der Waals surface area contributed by atoms with E-state index < -0.39 is 4.92 Å². The van der Waals surface area contributed by atoms with Crippen LogP contribution in [0.5, 0.6) is 5.75 Å². The minimum Gasteiger partial charge on any atom is -0.479 e. The maximum absolute atomic E-state index is 10.6. The SMILES string of the molecule is Cc1cccc(OCC=O)c1[N+](=O)[O-]. The number of ether oxygens (including phenoxy) is 1. The summed E-state index contributed by atoms with van der Waals surface area (Å²) in [7, 11) is 0. The van der Waals surface area contributed by atoms with Gasteiger partial charge in [0.2, 0.25) is 0 Å². The number of hydrogen-bond donors (Lipinski definition) is 0. The molecule has 0 aliphatic heterocycles. The third-order valence-electron chi connectivity index (χ3n) is 1.69. The molecule has 1 aromatic carbocycles. The highest BCUT2D eigenvalue weighted by molar-refractivity contribution is 5.55. The molecule has 0 atom stereocenters. The molecule has 0 spiro atoms. The van der Waals surface area contributed by atoms with E-state index >= 15 is 0 Å². The van der Waals surface area contributed by atoms with Gasteiger partial charge in [0.25, 0.3) is 0 Å². The zero-order valence-corrected chi connectivity index (χ0v) is 7.60. The lowest BCUT2D eigenvalue weighted by Crippen LogP contribution is -2.02. The van der Waals surface area contributed by atoms with Gasteiger partial charge >= 0.3 is 5.69 Å². The molecule has 0 amide bonds. The van der Waals surface area contributed by atoms with Crippen molar-refractivity contribution in [2.75, 3.05) is 6.61 Å². The zero-order valence-electron chi connectivity index (χ0n) is 7.60. The fourth-order valence-electron chi connectivity index (χ4n) is 1.11. The lowest BCUT2D eigenvalue weighted by atomic mass is 10.2. The van der Waals surface area contributed by atoms with Crippen LogP contribution in [0.1, 0.15) is 5.56 Å². The molecule has 5 nitrogen and oxygen atoms in total. The van der Waals surface area contributed by atoms with Crippen molar-refractivity contribution in [1.82, 2.24) is 0 Å². The second-order valence-corrected chi connectivity index (χ2v) is 2.66. The van der Waals surface area contributed by atoms with Crippen molar-refractivity contribution in [2.45, 2.75) is 6.92 Å². The summed E-state index contributed by atoms with van der Waals surface area (Å²) in [5, 5.41) is 10.6. The summed E-state index contributed by atoms with van der Waals surface area (Å²) >= 11 is 0. The molecule has 1 aromatic rings. The van der Waals surface area contributed by atoms with Crippen LogP contribution < -0.4 is 4.74 Å². The Hall–Kier alpha value is -1.91. The van der Waals surface area contributed by atoms with E-state index in [1.807, 2.05) is 0 Å². The molecular formula is C9H9NO4. The molecule has 1 rings (SSSR count). The molecular weight excluding hydrogens is 186 g/mol. The Morgan fingerprint density at radius 3 is 2.86 bits per heavy atom. The first kappa shape index (κ1) is 10.2. The lowest BCUT2D eigenvalue weighted by Gasteiger charge is -2.04. The standard InChI is InChI=1S/C9H9NO4/c1-7-3-2-4-8(14-6-5-11)9(7)10(12)13/h2-5H,6H2,1H3. The number of benzene rings is 1. The summed E-state index contributed by atoms with van der Waals surface area (Å²) in [5.41, 5.74) is 0.424. The van der Waals surface area contributed by atoms with E-state index in [2.05, 4.69) is 0 Å². The van der Waals surface area contributed by atoms with Gasteiger partial charge in [-0.3, -0.25) is 14.9 Å². The number of carbonyl (C=O) groups is 1. The lowest BCUT2D eigenvalue weighted by molar-refractivity contribution is -0.386. The third kappa shape index (κ3) is 2.07. The van der Waals surface area contributed by atoms with Gasteiger partial charge in [0, 0.05) is 5.56 Å².